The van der Waals surface area contributed by atoms with Gasteiger partial charge in [0, 0.05) is 19.6 Å². The number of ether oxygens (including phenoxy) is 2. The second kappa shape index (κ2) is 11.4. The van der Waals surface area contributed by atoms with Gasteiger partial charge in [-0.15, -0.1) is 0 Å². The molecule has 0 spiro atoms. The highest BCUT2D eigenvalue weighted by atomic mass is 16.5. The standard InChI is InChI=1S/C28H36N2O4/c1-3-18-29-19-10-11-20-30(28(32)21-12-4-7-15-24(21)33-2)23-14-6-9-17-26(23)34-25-16-8-5-13-22(25)27(29)31/h4-5,7-8,12-13,15-16,23,26H,3,6,9-11,14,17-20H2,1-2H3/t23-,26+/m1/s1. The van der Waals surface area contributed by atoms with E-state index in [-0.39, 0.29) is 24.0 Å². The van der Waals surface area contributed by atoms with Crippen molar-refractivity contribution in [2.45, 2.75) is 64.0 Å². The molecule has 1 saturated carbocycles. The SMILES string of the molecule is CCCN1CCCCN(C(=O)c2ccccc2OC)[C@@H]2CCCC[C@@H]2Oc2ccccc2C1=O. The molecular formula is C28H36N2O4. The number of carbonyl (C=O) groups is 2. The van der Waals surface area contributed by atoms with Crippen molar-refractivity contribution in [2.75, 3.05) is 26.7 Å². The third kappa shape index (κ3) is 5.21. The molecular weight excluding hydrogens is 428 g/mol. The minimum atomic E-state index is -0.152. The Morgan fingerprint density at radius 3 is 2.56 bits per heavy atom. The normalized spacial score (nSPS) is 21.4. The number of amides is 2. The van der Waals surface area contributed by atoms with Crippen LogP contribution in [0.2, 0.25) is 0 Å². The zero-order valence-electron chi connectivity index (χ0n) is 20.4. The van der Waals surface area contributed by atoms with Gasteiger partial charge in [-0.1, -0.05) is 37.6 Å². The Hall–Kier alpha value is -3.02. The number of methoxy groups -OCH3 is 1. The molecule has 0 saturated heterocycles. The lowest BCUT2D eigenvalue weighted by Gasteiger charge is -2.41. The summed E-state index contributed by atoms with van der Waals surface area (Å²) in [6, 6.07) is 15.0. The highest BCUT2D eigenvalue weighted by Crippen LogP contribution is 2.32. The van der Waals surface area contributed by atoms with Crippen LogP contribution in [0.4, 0.5) is 0 Å². The Morgan fingerprint density at radius 2 is 1.74 bits per heavy atom. The molecule has 6 nitrogen and oxygen atoms in total. The van der Waals surface area contributed by atoms with E-state index in [1.807, 2.05) is 58.3 Å². The maximum absolute atomic E-state index is 13.8. The van der Waals surface area contributed by atoms with Gasteiger partial charge in [-0.3, -0.25) is 9.59 Å². The molecule has 0 bridgehead atoms. The lowest BCUT2D eigenvalue weighted by molar-refractivity contribution is 0.0257. The maximum atomic E-state index is 13.8. The molecule has 2 aliphatic rings. The summed E-state index contributed by atoms with van der Waals surface area (Å²) in [5.74, 6) is 1.24. The second-order valence-electron chi connectivity index (χ2n) is 9.20. The first-order valence-electron chi connectivity index (χ1n) is 12.6. The average molecular weight is 465 g/mol. The summed E-state index contributed by atoms with van der Waals surface area (Å²) < 4.78 is 12.1. The summed E-state index contributed by atoms with van der Waals surface area (Å²) in [7, 11) is 1.60. The number of carbonyl (C=O) groups excluding carboxylic acids is 2. The van der Waals surface area contributed by atoms with E-state index >= 15 is 0 Å². The van der Waals surface area contributed by atoms with E-state index in [1.165, 1.54) is 0 Å². The Morgan fingerprint density at radius 1 is 1.00 bits per heavy atom. The Balaban J connectivity index is 1.71. The van der Waals surface area contributed by atoms with Crippen molar-refractivity contribution in [2.24, 2.45) is 0 Å². The fourth-order valence-electron chi connectivity index (χ4n) is 5.21. The molecule has 2 aromatic rings. The van der Waals surface area contributed by atoms with Crippen LogP contribution >= 0.6 is 0 Å². The van der Waals surface area contributed by atoms with Crippen molar-refractivity contribution >= 4 is 11.8 Å². The number of fused-ring (bicyclic) bond motifs is 2. The third-order valence-corrected chi connectivity index (χ3v) is 6.92. The van der Waals surface area contributed by atoms with Gasteiger partial charge in [0.15, 0.2) is 0 Å². The van der Waals surface area contributed by atoms with Gasteiger partial charge in [-0.2, -0.15) is 0 Å². The number of hydrogen-bond acceptors (Lipinski definition) is 4. The molecule has 1 fully saturated rings. The predicted molar refractivity (Wildman–Crippen MR) is 133 cm³/mol. The lowest BCUT2D eigenvalue weighted by atomic mass is 9.90. The fraction of sp³-hybridized carbons (Fsp3) is 0.500. The van der Waals surface area contributed by atoms with Gasteiger partial charge in [-0.05, 0) is 62.8 Å². The van der Waals surface area contributed by atoms with E-state index in [4.69, 9.17) is 9.47 Å². The molecule has 0 N–H and O–H groups in total. The number of para-hydroxylation sites is 2. The molecule has 1 aliphatic carbocycles. The van der Waals surface area contributed by atoms with E-state index in [0.29, 0.717) is 42.3 Å². The van der Waals surface area contributed by atoms with Crippen LogP contribution in [0.25, 0.3) is 0 Å². The number of rotatable bonds is 4. The largest absolute Gasteiger partial charge is 0.496 e. The van der Waals surface area contributed by atoms with Crippen LogP contribution < -0.4 is 9.47 Å². The summed E-state index contributed by atoms with van der Waals surface area (Å²) in [4.78, 5) is 31.2. The predicted octanol–water partition coefficient (Wildman–Crippen LogP) is 5.17. The van der Waals surface area contributed by atoms with Crippen molar-refractivity contribution in [3.05, 3.63) is 59.7 Å². The first kappa shape index (κ1) is 24.1. The maximum Gasteiger partial charge on any atom is 0.257 e. The Kier molecular flexibility index (Phi) is 8.09. The van der Waals surface area contributed by atoms with Crippen LogP contribution in [-0.2, 0) is 0 Å². The minimum absolute atomic E-state index is 0.00946. The smallest absolute Gasteiger partial charge is 0.257 e. The molecule has 182 valence electrons. The summed E-state index contributed by atoms with van der Waals surface area (Å²) in [5, 5.41) is 0. The molecule has 1 heterocycles. The van der Waals surface area contributed by atoms with Gasteiger partial charge >= 0.3 is 0 Å². The lowest BCUT2D eigenvalue weighted by Crippen LogP contribution is -2.51. The van der Waals surface area contributed by atoms with Gasteiger partial charge in [0.1, 0.15) is 17.6 Å². The van der Waals surface area contributed by atoms with Gasteiger partial charge in [0.2, 0.25) is 0 Å². The van der Waals surface area contributed by atoms with Crippen LogP contribution in [0, 0.1) is 0 Å². The van der Waals surface area contributed by atoms with Crippen molar-refractivity contribution in [1.82, 2.24) is 9.80 Å². The Labute approximate surface area is 202 Å². The van der Waals surface area contributed by atoms with Crippen LogP contribution in [0.1, 0.15) is 72.6 Å². The fourth-order valence-corrected chi connectivity index (χ4v) is 5.21. The van der Waals surface area contributed by atoms with Gasteiger partial charge in [0.25, 0.3) is 11.8 Å². The van der Waals surface area contributed by atoms with E-state index in [1.54, 1.807) is 7.11 Å². The van der Waals surface area contributed by atoms with E-state index < -0.39 is 0 Å². The molecule has 0 aromatic heterocycles. The molecule has 4 rings (SSSR count). The molecule has 34 heavy (non-hydrogen) atoms. The molecule has 2 amide bonds. The van der Waals surface area contributed by atoms with Crippen molar-refractivity contribution in [3.63, 3.8) is 0 Å². The highest BCUT2D eigenvalue weighted by Gasteiger charge is 2.36. The molecule has 1 aliphatic heterocycles. The van der Waals surface area contributed by atoms with Crippen LogP contribution in [0.15, 0.2) is 48.5 Å². The zero-order valence-corrected chi connectivity index (χ0v) is 20.4. The number of hydrogen-bond donors (Lipinski definition) is 0. The molecule has 6 heteroatoms. The number of nitrogens with zero attached hydrogens (tertiary/aromatic N) is 2. The first-order chi connectivity index (χ1) is 16.6. The zero-order chi connectivity index (χ0) is 23.9. The van der Waals surface area contributed by atoms with Crippen LogP contribution in [0.3, 0.4) is 0 Å². The van der Waals surface area contributed by atoms with E-state index in [9.17, 15) is 9.59 Å². The first-order valence-corrected chi connectivity index (χ1v) is 12.6. The summed E-state index contributed by atoms with van der Waals surface area (Å²) in [6.45, 7) is 4.11. The summed E-state index contributed by atoms with van der Waals surface area (Å²) >= 11 is 0. The molecule has 0 unspecified atom stereocenters. The van der Waals surface area contributed by atoms with Gasteiger partial charge < -0.3 is 19.3 Å². The Bertz CT molecular complexity index is 992. The van der Waals surface area contributed by atoms with Crippen molar-refractivity contribution < 1.29 is 19.1 Å². The van der Waals surface area contributed by atoms with Crippen molar-refractivity contribution in [3.8, 4) is 11.5 Å². The second-order valence-corrected chi connectivity index (χ2v) is 9.20. The molecule has 2 aromatic carbocycles. The van der Waals surface area contributed by atoms with Crippen LogP contribution in [-0.4, -0.2) is 60.5 Å². The quantitative estimate of drug-likeness (QED) is 0.626. The topological polar surface area (TPSA) is 59.1 Å². The third-order valence-electron chi connectivity index (χ3n) is 6.92. The summed E-state index contributed by atoms with van der Waals surface area (Å²) in [6.07, 6.45) is 6.30. The summed E-state index contributed by atoms with van der Waals surface area (Å²) in [5.41, 5.74) is 1.20. The number of benzene rings is 2. The molecule has 2 atom stereocenters. The van der Waals surface area contributed by atoms with E-state index in [2.05, 4.69) is 6.92 Å². The van der Waals surface area contributed by atoms with Gasteiger partial charge in [0.05, 0.1) is 24.3 Å². The van der Waals surface area contributed by atoms with E-state index in [0.717, 1.165) is 44.9 Å². The van der Waals surface area contributed by atoms with Gasteiger partial charge in [-0.25, -0.2) is 0 Å². The van der Waals surface area contributed by atoms with Crippen LogP contribution in [0.5, 0.6) is 11.5 Å². The molecule has 0 radical (unpaired) electrons. The van der Waals surface area contributed by atoms with Crippen molar-refractivity contribution in [1.29, 1.82) is 0 Å². The monoisotopic (exact) mass is 464 g/mol. The minimum Gasteiger partial charge on any atom is -0.496 e. The highest BCUT2D eigenvalue weighted by molar-refractivity contribution is 5.98. The average Bonchev–Trinajstić information content (AvgIpc) is 2.87.